The number of morpholine rings is 1. The molecule has 0 spiro atoms. The maximum atomic E-state index is 13.2. The Hall–Kier alpha value is -3.01. The first-order valence-electron chi connectivity index (χ1n) is 13.6. The van der Waals surface area contributed by atoms with E-state index in [0.717, 1.165) is 43.5 Å². The number of halogens is 6. The Morgan fingerprint density at radius 2 is 1.79 bits per heavy atom. The number of nitrogens with one attached hydrogen (secondary N) is 1. The molecule has 0 aliphatic carbocycles. The molecule has 2 aliphatic rings. The molecule has 0 radical (unpaired) electrons. The van der Waals surface area contributed by atoms with Gasteiger partial charge in [-0.25, -0.2) is 18.2 Å². The van der Waals surface area contributed by atoms with E-state index in [-0.39, 0.29) is 43.9 Å². The second kappa shape index (κ2) is 16.0. The zero-order chi connectivity index (χ0) is 30.7. The summed E-state index contributed by atoms with van der Waals surface area (Å²) in [7, 11) is 1.80. The Kier molecular flexibility index (Phi) is 12.8. The highest BCUT2D eigenvalue weighted by molar-refractivity contribution is 5.93. The van der Waals surface area contributed by atoms with E-state index in [1.54, 1.807) is 7.05 Å². The summed E-state index contributed by atoms with van der Waals surface area (Å²) < 4.78 is 89.7. The number of hydrogen-bond donors (Lipinski definition) is 1. The number of carbonyl (C=O) groups is 2. The summed E-state index contributed by atoms with van der Waals surface area (Å²) in [4.78, 5) is 30.1. The summed E-state index contributed by atoms with van der Waals surface area (Å²) in [6.45, 7) is 5.90. The van der Waals surface area contributed by atoms with Crippen LogP contribution >= 0.6 is 0 Å². The number of benzene rings is 1. The fourth-order valence-electron chi connectivity index (χ4n) is 4.46. The van der Waals surface area contributed by atoms with E-state index >= 15 is 0 Å². The van der Waals surface area contributed by atoms with Gasteiger partial charge in [-0.15, -0.1) is 0 Å². The molecule has 4 rings (SSSR count). The van der Waals surface area contributed by atoms with Crippen molar-refractivity contribution >= 4 is 12.2 Å². The number of aryl methyl sites for hydroxylation is 1. The minimum Gasteiger partial charge on any atom is -0.379 e. The van der Waals surface area contributed by atoms with E-state index in [2.05, 4.69) is 15.2 Å². The Labute approximate surface area is 239 Å². The van der Waals surface area contributed by atoms with Crippen LogP contribution in [0.4, 0.5) is 26.3 Å². The van der Waals surface area contributed by atoms with Crippen LogP contribution in [-0.2, 0) is 40.0 Å². The molecule has 1 aromatic carbocycles. The molecule has 234 valence electrons. The zero-order valence-corrected chi connectivity index (χ0v) is 23.3. The Morgan fingerprint density at radius 1 is 1.07 bits per heavy atom. The van der Waals surface area contributed by atoms with Gasteiger partial charge in [0.1, 0.15) is 12.1 Å². The van der Waals surface area contributed by atoms with Crippen LogP contribution < -0.4 is 5.32 Å². The van der Waals surface area contributed by atoms with Crippen molar-refractivity contribution < 1.29 is 45.4 Å². The number of unbranched alkanes of at least 4 members (excludes halogenated alkanes) is 1. The van der Waals surface area contributed by atoms with Gasteiger partial charge in [-0.2, -0.15) is 13.2 Å². The number of imidazole rings is 1. The van der Waals surface area contributed by atoms with Crippen molar-refractivity contribution in [2.75, 3.05) is 66.2 Å². The fraction of sp³-hybridized carbons (Fsp3) is 0.593. The van der Waals surface area contributed by atoms with Gasteiger partial charge in [0.05, 0.1) is 32.1 Å². The van der Waals surface area contributed by atoms with Gasteiger partial charge in [0, 0.05) is 58.3 Å². The van der Waals surface area contributed by atoms with Gasteiger partial charge in [-0.1, -0.05) is 0 Å². The summed E-state index contributed by atoms with van der Waals surface area (Å²) in [6.07, 6.45) is -2.92. The molecule has 0 unspecified atom stereocenters. The van der Waals surface area contributed by atoms with E-state index in [1.807, 2.05) is 4.90 Å². The molecule has 0 bridgehead atoms. The van der Waals surface area contributed by atoms with E-state index in [4.69, 9.17) is 9.47 Å². The average Bonchev–Trinajstić information content (AvgIpc) is 3.34. The maximum Gasteiger partial charge on any atom is 0.449 e. The number of hydrogen-bond acceptors (Lipinski definition) is 7. The summed E-state index contributed by atoms with van der Waals surface area (Å²) in [5, 5.41) is 2.61. The van der Waals surface area contributed by atoms with Crippen molar-refractivity contribution in [3.8, 4) is 0 Å². The van der Waals surface area contributed by atoms with Crippen molar-refractivity contribution in [2.45, 2.75) is 38.5 Å². The van der Waals surface area contributed by atoms with Gasteiger partial charge in [-0.05, 0) is 31.5 Å². The van der Waals surface area contributed by atoms with Crippen LogP contribution in [0.5, 0.6) is 0 Å². The second-order valence-corrected chi connectivity index (χ2v) is 9.86. The molecule has 1 amide bonds. The normalized spacial score (nSPS) is 16.0. The van der Waals surface area contributed by atoms with Gasteiger partial charge in [-0.3, -0.25) is 14.6 Å². The van der Waals surface area contributed by atoms with Crippen LogP contribution in [-0.4, -0.2) is 97.7 Å². The van der Waals surface area contributed by atoms with Gasteiger partial charge in [0.15, 0.2) is 17.3 Å². The predicted molar refractivity (Wildman–Crippen MR) is 139 cm³/mol. The molecule has 9 nitrogen and oxygen atoms in total. The van der Waals surface area contributed by atoms with Gasteiger partial charge in [0.25, 0.3) is 5.91 Å². The molecule has 1 aromatic heterocycles. The lowest BCUT2D eigenvalue weighted by atomic mass is 10.1. The van der Waals surface area contributed by atoms with Crippen LogP contribution in [0, 0.1) is 17.5 Å². The molecule has 2 aromatic rings. The Balaban J connectivity index is 0.000000291. The molecular weight excluding hydrogens is 572 g/mol. The molecular formula is C27H35F6N5O4. The molecule has 42 heavy (non-hydrogen) atoms. The lowest BCUT2D eigenvalue weighted by Crippen LogP contribution is -2.38. The summed E-state index contributed by atoms with van der Waals surface area (Å²) in [5.74, 6) is -4.64. The van der Waals surface area contributed by atoms with Crippen LogP contribution in [0.25, 0.3) is 0 Å². The van der Waals surface area contributed by atoms with Crippen LogP contribution in [0.2, 0.25) is 0 Å². The standard InChI is InChI=1S/C17H26F3N5O3.C10H9F3O/c1-23-3-4-25-13(12-23)14(22-16(25)17(18,19)20)15(26)21-2-8-27-9-5-24-6-10-28-11-7-24;11-8-6-10(13)9(12)5-7(8)3-1-2-4-14/h2-12H2,1H3,(H,21,26);4-6H,1-3H2. The minimum atomic E-state index is -4.59. The van der Waals surface area contributed by atoms with Gasteiger partial charge < -0.3 is 24.2 Å². The lowest BCUT2D eigenvalue weighted by Gasteiger charge is -2.26. The number of aromatic nitrogens is 2. The highest BCUT2D eigenvalue weighted by Crippen LogP contribution is 2.32. The van der Waals surface area contributed by atoms with Crippen molar-refractivity contribution in [1.82, 2.24) is 24.7 Å². The first-order chi connectivity index (χ1) is 20.0. The number of aldehydes is 1. The highest BCUT2D eigenvalue weighted by atomic mass is 19.4. The van der Waals surface area contributed by atoms with Crippen molar-refractivity contribution in [3.63, 3.8) is 0 Å². The monoisotopic (exact) mass is 607 g/mol. The molecule has 1 N–H and O–H groups in total. The van der Waals surface area contributed by atoms with E-state index < -0.39 is 35.4 Å². The third-order valence-corrected chi connectivity index (χ3v) is 6.71. The number of rotatable bonds is 11. The van der Waals surface area contributed by atoms with E-state index in [1.165, 1.54) is 0 Å². The SMILES string of the molecule is CN1CCn2c(C(F)(F)F)nc(C(=O)NCCOCCN3CCOCC3)c2C1.O=CCCCc1cc(F)c(F)cc1F. The first-order valence-corrected chi connectivity index (χ1v) is 13.6. The quantitative estimate of drug-likeness (QED) is 0.182. The number of alkyl halides is 3. The topological polar surface area (TPSA) is 88.9 Å². The summed E-state index contributed by atoms with van der Waals surface area (Å²) >= 11 is 0. The van der Waals surface area contributed by atoms with Crippen LogP contribution in [0.3, 0.4) is 0 Å². The molecule has 3 heterocycles. The minimum absolute atomic E-state index is 0.103. The molecule has 0 atom stereocenters. The molecule has 2 aliphatic heterocycles. The smallest absolute Gasteiger partial charge is 0.379 e. The van der Waals surface area contributed by atoms with Gasteiger partial charge in [0.2, 0.25) is 5.82 Å². The highest BCUT2D eigenvalue weighted by Gasteiger charge is 2.40. The van der Waals surface area contributed by atoms with Crippen molar-refractivity contribution in [1.29, 1.82) is 0 Å². The molecule has 0 saturated carbocycles. The number of fused-ring (bicyclic) bond motifs is 1. The van der Waals surface area contributed by atoms with Gasteiger partial charge >= 0.3 is 6.18 Å². The largest absolute Gasteiger partial charge is 0.449 e. The van der Waals surface area contributed by atoms with Crippen molar-refractivity contribution in [2.24, 2.45) is 0 Å². The Morgan fingerprint density at radius 3 is 2.48 bits per heavy atom. The first kappa shape index (κ1) is 33.5. The number of amides is 1. The average molecular weight is 608 g/mol. The summed E-state index contributed by atoms with van der Waals surface area (Å²) in [5.41, 5.74) is 0.241. The van der Waals surface area contributed by atoms with Crippen molar-refractivity contribution in [3.05, 3.63) is 52.4 Å². The molecule has 15 heteroatoms. The number of ether oxygens (including phenoxy) is 2. The van der Waals surface area contributed by atoms with Crippen LogP contribution in [0.1, 0.15) is 40.4 Å². The fourth-order valence-corrected chi connectivity index (χ4v) is 4.46. The van der Waals surface area contributed by atoms with E-state index in [0.29, 0.717) is 44.0 Å². The number of nitrogens with zero attached hydrogens (tertiary/aromatic N) is 4. The predicted octanol–water partition coefficient (Wildman–Crippen LogP) is 3.05. The van der Waals surface area contributed by atoms with Crippen LogP contribution in [0.15, 0.2) is 12.1 Å². The lowest BCUT2D eigenvalue weighted by molar-refractivity contribution is -0.147. The third kappa shape index (κ3) is 9.78. The molecule has 1 saturated heterocycles. The third-order valence-electron chi connectivity index (χ3n) is 6.71. The number of carbonyl (C=O) groups excluding carboxylic acids is 2. The second-order valence-electron chi connectivity index (χ2n) is 9.86. The maximum absolute atomic E-state index is 13.2. The summed E-state index contributed by atoms with van der Waals surface area (Å²) in [6, 6.07) is 1.35. The van der Waals surface area contributed by atoms with E-state index in [9.17, 15) is 35.9 Å². The molecule has 1 fully saturated rings. The Bertz CT molecular complexity index is 1190. The zero-order valence-electron chi connectivity index (χ0n) is 23.3. The number of likely N-dealkylation sites (N-methyl/N-ethyl adjacent to an activating group) is 1.